The lowest BCUT2D eigenvalue weighted by Gasteiger charge is -2.43. The van der Waals surface area contributed by atoms with Gasteiger partial charge in [0.1, 0.15) is 11.6 Å². The first kappa shape index (κ1) is 24.3. The van der Waals surface area contributed by atoms with Crippen LogP contribution in [0.3, 0.4) is 0 Å². The Morgan fingerprint density at radius 2 is 1.55 bits per heavy atom. The maximum Gasteiger partial charge on any atom is 0.408 e. The molecule has 0 aromatic heterocycles. The van der Waals surface area contributed by atoms with E-state index in [2.05, 4.69) is 27.1 Å². The van der Waals surface area contributed by atoms with Crippen LogP contribution in [0.25, 0.3) is 0 Å². The predicted octanol–water partition coefficient (Wildman–Crippen LogP) is 1.60. The first-order chi connectivity index (χ1) is 14.7. The number of ether oxygens (including phenoxy) is 1. The number of piperazine rings is 1. The Morgan fingerprint density at radius 3 is 2.13 bits per heavy atom. The van der Waals surface area contributed by atoms with Crippen LogP contribution in [0.2, 0.25) is 0 Å². The van der Waals surface area contributed by atoms with Crippen LogP contribution in [0.5, 0.6) is 0 Å². The third-order valence-corrected chi connectivity index (χ3v) is 6.71. The number of hydrogen-bond acceptors (Lipinski definition) is 6. The quantitative estimate of drug-likeness (QED) is 0.705. The molecular formula is C23H43N5O3. The molecule has 3 heterocycles. The number of hydrogen-bond donors (Lipinski definition) is 1. The molecule has 0 aromatic rings. The molecule has 0 aliphatic carbocycles. The van der Waals surface area contributed by atoms with Gasteiger partial charge in [0, 0.05) is 38.8 Å². The molecule has 0 unspecified atom stereocenters. The van der Waals surface area contributed by atoms with Gasteiger partial charge in [0.2, 0.25) is 5.91 Å². The maximum atomic E-state index is 13.4. The Hall–Kier alpha value is -1.38. The monoisotopic (exact) mass is 437 g/mol. The van der Waals surface area contributed by atoms with Crippen LogP contribution in [0, 0.1) is 0 Å². The minimum Gasteiger partial charge on any atom is -0.444 e. The summed E-state index contributed by atoms with van der Waals surface area (Å²) >= 11 is 0. The molecule has 8 nitrogen and oxygen atoms in total. The van der Waals surface area contributed by atoms with E-state index in [4.69, 9.17) is 4.74 Å². The third kappa shape index (κ3) is 7.61. The lowest BCUT2D eigenvalue weighted by atomic mass is 10.0. The number of likely N-dealkylation sites (tertiary alicyclic amines) is 2. The second-order valence-corrected chi connectivity index (χ2v) is 10.5. The Morgan fingerprint density at radius 1 is 0.935 bits per heavy atom. The highest BCUT2D eigenvalue weighted by molar-refractivity contribution is 5.86. The molecule has 8 heteroatoms. The van der Waals surface area contributed by atoms with Crippen LogP contribution in [-0.4, -0.2) is 115 Å². The first-order valence-electron chi connectivity index (χ1n) is 12.1. The fraction of sp³-hybridized carbons (Fsp3) is 0.913. The summed E-state index contributed by atoms with van der Waals surface area (Å²) in [5, 5.41) is 2.88. The molecule has 31 heavy (non-hydrogen) atoms. The third-order valence-electron chi connectivity index (χ3n) is 6.71. The van der Waals surface area contributed by atoms with E-state index in [1.807, 2.05) is 25.7 Å². The van der Waals surface area contributed by atoms with Crippen LogP contribution in [-0.2, 0) is 9.53 Å². The molecule has 0 radical (unpaired) electrons. The summed E-state index contributed by atoms with van der Waals surface area (Å²) in [4.78, 5) is 35.0. The van der Waals surface area contributed by atoms with Gasteiger partial charge in [0.25, 0.3) is 0 Å². The second-order valence-electron chi connectivity index (χ2n) is 10.5. The summed E-state index contributed by atoms with van der Waals surface area (Å²) in [6.07, 6.45) is 5.47. The molecule has 3 rings (SSSR count). The van der Waals surface area contributed by atoms with Crippen LogP contribution >= 0.6 is 0 Å². The fourth-order valence-electron chi connectivity index (χ4n) is 4.92. The average molecular weight is 438 g/mol. The number of carbonyl (C=O) groups excluding carboxylic acids is 2. The zero-order chi connectivity index (χ0) is 22.4. The Labute approximate surface area is 188 Å². The van der Waals surface area contributed by atoms with Gasteiger partial charge in [-0.1, -0.05) is 6.42 Å². The van der Waals surface area contributed by atoms with Gasteiger partial charge in [0.05, 0.1) is 0 Å². The molecule has 178 valence electrons. The van der Waals surface area contributed by atoms with Crippen molar-refractivity contribution in [3.63, 3.8) is 0 Å². The van der Waals surface area contributed by atoms with Crippen LogP contribution in [0.4, 0.5) is 4.79 Å². The molecule has 3 aliphatic heterocycles. The van der Waals surface area contributed by atoms with Crippen molar-refractivity contribution in [2.75, 3.05) is 66.0 Å². The molecule has 1 atom stereocenters. The molecular weight excluding hydrogens is 394 g/mol. The number of nitrogens with zero attached hydrogens (tertiary/aromatic N) is 4. The summed E-state index contributed by atoms with van der Waals surface area (Å²) in [5.74, 6) is 0.0273. The van der Waals surface area contributed by atoms with Crippen molar-refractivity contribution in [2.24, 2.45) is 0 Å². The van der Waals surface area contributed by atoms with Crippen LogP contribution in [0.1, 0.15) is 52.9 Å². The van der Waals surface area contributed by atoms with Gasteiger partial charge < -0.3 is 24.8 Å². The van der Waals surface area contributed by atoms with Gasteiger partial charge in [0.15, 0.2) is 0 Å². The summed E-state index contributed by atoms with van der Waals surface area (Å²) < 4.78 is 5.45. The topological polar surface area (TPSA) is 68.4 Å². The van der Waals surface area contributed by atoms with Gasteiger partial charge in [-0.15, -0.1) is 0 Å². The number of alkyl carbamates (subject to hydrolysis) is 1. The van der Waals surface area contributed by atoms with E-state index >= 15 is 0 Å². The number of rotatable bonds is 5. The lowest BCUT2D eigenvalue weighted by Crippen LogP contribution is -2.59. The first-order valence-corrected chi connectivity index (χ1v) is 12.1. The highest BCUT2D eigenvalue weighted by atomic mass is 16.6. The predicted molar refractivity (Wildman–Crippen MR) is 122 cm³/mol. The molecule has 0 bridgehead atoms. The fourth-order valence-corrected chi connectivity index (χ4v) is 4.92. The molecule has 3 saturated heterocycles. The molecule has 3 fully saturated rings. The van der Waals surface area contributed by atoms with E-state index in [9.17, 15) is 9.59 Å². The van der Waals surface area contributed by atoms with Gasteiger partial charge in [-0.05, 0) is 79.7 Å². The Balaban J connectivity index is 1.56. The second kappa shape index (κ2) is 11.0. The van der Waals surface area contributed by atoms with Crippen molar-refractivity contribution in [3.8, 4) is 0 Å². The Bertz CT molecular complexity index is 587. The summed E-state index contributed by atoms with van der Waals surface area (Å²) in [7, 11) is 2.19. The van der Waals surface area contributed by atoms with E-state index in [0.29, 0.717) is 12.6 Å². The van der Waals surface area contributed by atoms with Crippen molar-refractivity contribution in [1.82, 2.24) is 24.9 Å². The average Bonchev–Trinajstić information content (AvgIpc) is 2.73. The molecule has 3 aliphatic rings. The highest BCUT2D eigenvalue weighted by Gasteiger charge is 2.33. The van der Waals surface area contributed by atoms with Crippen LogP contribution < -0.4 is 5.32 Å². The van der Waals surface area contributed by atoms with Gasteiger partial charge in [-0.3, -0.25) is 9.69 Å². The van der Waals surface area contributed by atoms with Crippen molar-refractivity contribution in [3.05, 3.63) is 0 Å². The number of nitrogens with one attached hydrogen (secondary N) is 1. The van der Waals surface area contributed by atoms with E-state index < -0.39 is 17.7 Å². The van der Waals surface area contributed by atoms with E-state index in [1.54, 1.807) is 0 Å². The standard InChI is InChI=1S/C23H43N5O3/c1-23(2,3)31-22(30)24-20(18-26-10-6-5-7-11-26)21(29)28-16-14-27(15-17-28)19-8-12-25(4)13-9-19/h19-20H,5-18H2,1-4H3,(H,24,30)/t20-/m1/s1. The molecule has 2 amide bonds. The normalized spacial score (nSPS) is 24.1. The zero-order valence-electron chi connectivity index (χ0n) is 20.1. The highest BCUT2D eigenvalue weighted by Crippen LogP contribution is 2.18. The van der Waals surface area contributed by atoms with E-state index in [1.165, 1.54) is 19.3 Å². The summed E-state index contributed by atoms with van der Waals surface area (Å²) in [6, 6.07) is 0.0836. The number of amides is 2. The van der Waals surface area contributed by atoms with Gasteiger partial charge >= 0.3 is 6.09 Å². The lowest BCUT2D eigenvalue weighted by molar-refractivity contribution is -0.136. The van der Waals surface area contributed by atoms with Crippen molar-refractivity contribution >= 4 is 12.0 Å². The molecule has 0 saturated carbocycles. The van der Waals surface area contributed by atoms with Gasteiger partial charge in [-0.2, -0.15) is 0 Å². The maximum absolute atomic E-state index is 13.4. The minimum absolute atomic E-state index is 0.0273. The molecule has 0 spiro atoms. The van der Waals surface area contributed by atoms with E-state index in [-0.39, 0.29) is 5.91 Å². The van der Waals surface area contributed by atoms with Crippen LogP contribution in [0.15, 0.2) is 0 Å². The SMILES string of the molecule is CN1CCC(N2CCN(C(=O)[C@@H](CN3CCCCC3)NC(=O)OC(C)(C)C)CC2)CC1. The van der Waals surface area contributed by atoms with Crippen molar-refractivity contribution in [1.29, 1.82) is 0 Å². The number of piperidine rings is 2. The van der Waals surface area contributed by atoms with E-state index in [0.717, 1.165) is 65.2 Å². The minimum atomic E-state index is -0.581. The van der Waals surface area contributed by atoms with Gasteiger partial charge in [-0.25, -0.2) is 4.79 Å². The van der Waals surface area contributed by atoms with Crippen molar-refractivity contribution < 1.29 is 14.3 Å². The summed E-state index contributed by atoms with van der Waals surface area (Å²) in [6.45, 7) is 13.7. The molecule has 1 N–H and O–H groups in total. The zero-order valence-corrected chi connectivity index (χ0v) is 20.1. The summed E-state index contributed by atoms with van der Waals surface area (Å²) in [5.41, 5.74) is -0.581. The largest absolute Gasteiger partial charge is 0.444 e. The number of carbonyl (C=O) groups is 2. The molecule has 0 aromatic carbocycles. The Kier molecular flexibility index (Phi) is 8.58. The smallest absolute Gasteiger partial charge is 0.408 e. The van der Waals surface area contributed by atoms with Crippen molar-refractivity contribution in [2.45, 2.75) is 70.6 Å².